The lowest BCUT2D eigenvalue weighted by molar-refractivity contribution is -0.149. The normalized spacial score (nSPS) is 13.0. The maximum atomic E-state index is 12.3. The second kappa shape index (κ2) is 9.22. The number of esters is 1. The summed E-state index contributed by atoms with van der Waals surface area (Å²) in [6, 6.07) is 8.94. The van der Waals surface area contributed by atoms with E-state index in [0.717, 1.165) is 0 Å². The van der Waals surface area contributed by atoms with Crippen LogP contribution in [-0.4, -0.2) is 48.9 Å². The summed E-state index contributed by atoms with van der Waals surface area (Å²) in [7, 11) is 0. The van der Waals surface area contributed by atoms with Crippen molar-refractivity contribution in [2.75, 3.05) is 31.6 Å². The minimum Gasteiger partial charge on any atom is -0.470 e. The van der Waals surface area contributed by atoms with Gasteiger partial charge in [-0.3, -0.25) is 9.59 Å². The molecule has 1 aliphatic heterocycles. The molecule has 0 spiro atoms. The Morgan fingerprint density at radius 2 is 1.85 bits per heavy atom. The van der Waals surface area contributed by atoms with Crippen molar-refractivity contribution >= 4 is 23.3 Å². The number of nitrogens with zero attached hydrogens (tertiary/aromatic N) is 1. The number of anilines is 1. The van der Waals surface area contributed by atoms with Crippen LogP contribution >= 0.6 is 0 Å². The van der Waals surface area contributed by atoms with Crippen LogP contribution in [0.1, 0.15) is 0 Å². The molecule has 0 unspecified atom stereocenters. The molecule has 1 amide bonds. The highest BCUT2D eigenvalue weighted by molar-refractivity contribution is 6.20. The van der Waals surface area contributed by atoms with Gasteiger partial charge in [0.15, 0.2) is 18.8 Å². The topological polar surface area (TPSA) is 84.9 Å². The van der Waals surface area contributed by atoms with Gasteiger partial charge in [0.2, 0.25) is 11.7 Å². The predicted octanol–water partition coefficient (Wildman–Crippen LogP) is 1.65. The van der Waals surface area contributed by atoms with Gasteiger partial charge in [-0.15, -0.1) is 13.2 Å². The molecule has 2 rings (SSSR count). The summed E-state index contributed by atoms with van der Waals surface area (Å²) in [5.41, 5.74) is 0.419. The van der Waals surface area contributed by atoms with Crippen LogP contribution < -0.4 is 5.32 Å². The van der Waals surface area contributed by atoms with Crippen molar-refractivity contribution in [3.63, 3.8) is 0 Å². The molecule has 1 N–H and O–H groups in total. The number of ketones is 1. The molecule has 1 aromatic carbocycles. The molecule has 1 heterocycles. The zero-order valence-electron chi connectivity index (χ0n) is 14.3. The maximum Gasteiger partial charge on any atom is 0.347 e. The molecule has 0 atom stereocenters. The average molecular weight is 356 g/mol. The molecule has 0 radical (unpaired) electrons. The molecule has 0 aliphatic carbocycles. The van der Waals surface area contributed by atoms with Crippen LogP contribution in [0.4, 0.5) is 5.69 Å². The number of amides is 1. The van der Waals surface area contributed by atoms with Gasteiger partial charge in [0.1, 0.15) is 0 Å². The number of hydrogen-bond acceptors (Lipinski definition) is 6. The lowest BCUT2D eigenvalue weighted by atomic mass is 10.2. The van der Waals surface area contributed by atoms with Gasteiger partial charge in [-0.05, 0) is 12.1 Å². The van der Waals surface area contributed by atoms with Gasteiger partial charge in [-0.25, -0.2) is 4.79 Å². The summed E-state index contributed by atoms with van der Waals surface area (Å²) >= 11 is 0. The number of ether oxygens (including phenoxy) is 2. The molecule has 0 bridgehead atoms. The van der Waals surface area contributed by atoms with Gasteiger partial charge in [0, 0.05) is 18.8 Å². The van der Waals surface area contributed by atoms with Crippen LogP contribution in [0.15, 0.2) is 67.1 Å². The molecule has 7 heteroatoms. The predicted molar refractivity (Wildman–Crippen MR) is 96.0 cm³/mol. The molecule has 26 heavy (non-hydrogen) atoms. The van der Waals surface area contributed by atoms with E-state index in [-0.39, 0.29) is 18.1 Å². The molecule has 7 nitrogen and oxygen atoms in total. The summed E-state index contributed by atoms with van der Waals surface area (Å²) < 4.78 is 10.2. The fourth-order valence-electron chi connectivity index (χ4n) is 2.25. The quantitative estimate of drug-likeness (QED) is 0.411. The number of nitrogens with one attached hydrogen (secondary N) is 1. The summed E-state index contributed by atoms with van der Waals surface area (Å²) in [5, 5.41) is 2.87. The van der Waals surface area contributed by atoms with E-state index in [1.807, 2.05) is 6.07 Å². The fourth-order valence-corrected chi connectivity index (χ4v) is 2.25. The highest BCUT2D eigenvalue weighted by Gasteiger charge is 2.33. The minimum atomic E-state index is -0.906. The van der Waals surface area contributed by atoms with Crippen molar-refractivity contribution < 1.29 is 23.9 Å². The highest BCUT2D eigenvalue weighted by atomic mass is 16.5. The molecule has 136 valence electrons. The van der Waals surface area contributed by atoms with Crippen LogP contribution in [0, 0.1) is 0 Å². The van der Waals surface area contributed by atoms with Crippen molar-refractivity contribution in [2.45, 2.75) is 0 Å². The molecule has 1 aromatic rings. The van der Waals surface area contributed by atoms with E-state index in [2.05, 4.69) is 18.5 Å². The Morgan fingerprint density at radius 3 is 2.46 bits per heavy atom. The molecule has 1 aliphatic rings. The summed E-state index contributed by atoms with van der Waals surface area (Å²) in [6.45, 7) is 6.99. The van der Waals surface area contributed by atoms with Gasteiger partial charge in [0.25, 0.3) is 5.91 Å². The van der Waals surface area contributed by atoms with Crippen molar-refractivity contribution in [1.82, 2.24) is 4.90 Å². The molecule has 0 aromatic heterocycles. The minimum absolute atomic E-state index is 0.0210. The standard InChI is InChI=1S/C19H20N2O5/c1-3-10-21(11-4-2)16(23)13-26-19(24)17-15(22)12-25-18(17)20-14-8-6-5-7-9-14/h3-9,20H,1-2,10-13H2. The highest BCUT2D eigenvalue weighted by Crippen LogP contribution is 2.20. The van der Waals surface area contributed by atoms with E-state index in [1.165, 1.54) is 4.90 Å². The van der Waals surface area contributed by atoms with E-state index in [1.54, 1.807) is 36.4 Å². The lowest BCUT2D eigenvalue weighted by Crippen LogP contribution is -2.35. The van der Waals surface area contributed by atoms with E-state index in [4.69, 9.17) is 9.47 Å². The van der Waals surface area contributed by atoms with Crippen LogP contribution in [-0.2, 0) is 23.9 Å². The first-order valence-electron chi connectivity index (χ1n) is 7.95. The van der Waals surface area contributed by atoms with Crippen molar-refractivity contribution in [2.24, 2.45) is 0 Å². The number of carbonyl (C=O) groups excluding carboxylic acids is 3. The molecular formula is C19H20N2O5. The third kappa shape index (κ3) is 4.83. The van der Waals surface area contributed by atoms with Gasteiger partial charge < -0.3 is 19.7 Å². The SMILES string of the molecule is C=CCN(CC=C)C(=O)COC(=O)C1=C(Nc2ccccc2)OCC1=O. The van der Waals surface area contributed by atoms with Gasteiger partial charge >= 0.3 is 5.97 Å². The van der Waals surface area contributed by atoms with Crippen LogP contribution in [0.2, 0.25) is 0 Å². The Bertz CT molecular complexity index is 730. The van der Waals surface area contributed by atoms with Crippen molar-refractivity contribution in [3.05, 3.63) is 67.1 Å². The number of carbonyl (C=O) groups is 3. The Hall–Kier alpha value is -3.35. The van der Waals surface area contributed by atoms with Crippen molar-refractivity contribution in [1.29, 1.82) is 0 Å². The Balaban J connectivity index is 2.04. The third-order valence-electron chi connectivity index (χ3n) is 3.47. The van der Waals surface area contributed by atoms with Crippen LogP contribution in [0.3, 0.4) is 0 Å². The molecule has 0 fully saturated rings. The molecule has 0 saturated carbocycles. The summed E-state index contributed by atoms with van der Waals surface area (Å²) in [5.74, 6) is -1.80. The lowest BCUT2D eigenvalue weighted by Gasteiger charge is -2.19. The summed E-state index contributed by atoms with van der Waals surface area (Å²) in [4.78, 5) is 37.7. The molecule has 0 saturated heterocycles. The Kier molecular flexibility index (Phi) is 6.73. The van der Waals surface area contributed by atoms with E-state index >= 15 is 0 Å². The number of Topliss-reactive ketones (excluding diaryl/α,β-unsaturated/α-hetero) is 1. The summed E-state index contributed by atoms with van der Waals surface area (Å²) in [6.07, 6.45) is 3.12. The van der Waals surface area contributed by atoms with E-state index in [0.29, 0.717) is 18.8 Å². The first-order valence-corrected chi connectivity index (χ1v) is 7.95. The number of rotatable bonds is 9. The van der Waals surface area contributed by atoms with Gasteiger partial charge in [-0.1, -0.05) is 30.4 Å². The second-order valence-electron chi connectivity index (χ2n) is 5.36. The maximum absolute atomic E-state index is 12.3. The average Bonchev–Trinajstić information content (AvgIpc) is 3.00. The fraction of sp³-hybridized carbons (Fsp3) is 0.211. The second-order valence-corrected chi connectivity index (χ2v) is 5.36. The van der Waals surface area contributed by atoms with E-state index in [9.17, 15) is 14.4 Å². The number of hydrogen-bond donors (Lipinski definition) is 1. The Labute approximate surface area is 151 Å². The van der Waals surface area contributed by atoms with Crippen LogP contribution in [0.25, 0.3) is 0 Å². The number of benzene rings is 1. The third-order valence-corrected chi connectivity index (χ3v) is 3.47. The van der Waals surface area contributed by atoms with E-state index < -0.39 is 24.3 Å². The largest absolute Gasteiger partial charge is 0.470 e. The van der Waals surface area contributed by atoms with Gasteiger partial charge in [-0.2, -0.15) is 0 Å². The monoisotopic (exact) mass is 356 g/mol. The van der Waals surface area contributed by atoms with Crippen molar-refractivity contribution in [3.8, 4) is 0 Å². The van der Waals surface area contributed by atoms with Gasteiger partial charge in [0.05, 0.1) is 0 Å². The first-order chi connectivity index (χ1) is 12.6. The smallest absolute Gasteiger partial charge is 0.347 e. The zero-order valence-corrected chi connectivity index (χ0v) is 14.3. The number of para-hydroxylation sites is 1. The first kappa shape index (κ1) is 19.0. The molecular weight excluding hydrogens is 336 g/mol. The zero-order chi connectivity index (χ0) is 18.9. The van der Waals surface area contributed by atoms with Crippen LogP contribution in [0.5, 0.6) is 0 Å². The Morgan fingerprint density at radius 1 is 1.19 bits per heavy atom.